The van der Waals surface area contributed by atoms with E-state index >= 15 is 0 Å². The fraction of sp³-hybridized carbons (Fsp3) is 0. The standard InChI is InChI=1S/C9H7ClN2O/c10-8-3-2-7(11)5-6(8)1-4-9(12)13/h2-3,5H,11H2,(H2,12,13). The summed E-state index contributed by atoms with van der Waals surface area (Å²) in [5.41, 5.74) is 11.4. The third-order valence-electron chi connectivity index (χ3n) is 1.31. The largest absolute Gasteiger partial charge is 0.399 e. The fourth-order valence-corrected chi connectivity index (χ4v) is 0.932. The minimum absolute atomic E-state index is 0.447. The van der Waals surface area contributed by atoms with Gasteiger partial charge in [0.25, 0.3) is 5.91 Å². The molecular formula is C9H7ClN2O. The lowest BCUT2D eigenvalue weighted by atomic mass is 10.2. The summed E-state index contributed by atoms with van der Waals surface area (Å²) < 4.78 is 0. The predicted molar refractivity (Wildman–Crippen MR) is 51.9 cm³/mol. The molecule has 0 radical (unpaired) electrons. The van der Waals surface area contributed by atoms with Crippen molar-refractivity contribution in [2.45, 2.75) is 0 Å². The first-order chi connectivity index (χ1) is 6.09. The first-order valence-electron chi connectivity index (χ1n) is 3.46. The highest BCUT2D eigenvalue weighted by Crippen LogP contribution is 2.17. The van der Waals surface area contributed by atoms with E-state index in [4.69, 9.17) is 23.1 Å². The van der Waals surface area contributed by atoms with E-state index in [0.717, 1.165) is 0 Å². The molecule has 0 bridgehead atoms. The lowest BCUT2D eigenvalue weighted by Gasteiger charge is -1.96. The molecule has 0 aliphatic carbocycles. The van der Waals surface area contributed by atoms with Crippen LogP contribution in [0.25, 0.3) is 0 Å². The molecule has 13 heavy (non-hydrogen) atoms. The van der Waals surface area contributed by atoms with Gasteiger partial charge in [-0.1, -0.05) is 17.5 Å². The van der Waals surface area contributed by atoms with Crippen molar-refractivity contribution in [1.29, 1.82) is 0 Å². The quantitative estimate of drug-likeness (QED) is 0.473. The average Bonchev–Trinajstić information content (AvgIpc) is 2.06. The highest BCUT2D eigenvalue weighted by Gasteiger charge is 1.96. The Morgan fingerprint density at radius 2 is 2.15 bits per heavy atom. The summed E-state index contributed by atoms with van der Waals surface area (Å²) >= 11 is 5.77. The van der Waals surface area contributed by atoms with Gasteiger partial charge in [-0.2, -0.15) is 0 Å². The molecule has 0 saturated carbocycles. The Bertz CT molecular complexity index is 404. The van der Waals surface area contributed by atoms with E-state index in [1.54, 1.807) is 18.2 Å². The van der Waals surface area contributed by atoms with Crippen LogP contribution in [-0.2, 0) is 4.79 Å². The van der Waals surface area contributed by atoms with Crippen LogP contribution in [0.1, 0.15) is 5.56 Å². The van der Waals surface area contributed by atoms with Gasteiger partial charge in [0, 0.05) is 17.2 Å². The number of nitrogen functional groups attached to an aromatic ring is 1. The van der Waals surface area contributed by atoms with Crippen molar-refractivity contribution in [3.8, 4) is 11.8 Å². The molecule has 0 spiro atoms. The SMILES string of the molecule is NC(=O)C#Cc1cc(N)ccc1Cl. The number of benzene rings is 1. The van der Waals surface area contributed by atoms with Crippen molar-refractivity contribution in [3.63, 3.8) is 0 Å². The summed E-state index contributed by atoms with van der Waals surface area (Å²) in [6.07, 6.45) is 0. The van der Waals surface area contributed by atoms with E-state index in [9.17, 15) is 4.79 Å². The summed E-state index contributed by atoms with van der Waals surface area (Å²) in [7, 11) is 0. The first-order valence-corrected chi connectivity index (χ1v) is 3.84. The van der Waals surface area contributed by atoms with Crippen molar-refractivity contribution >= 4 is 23.2 Å². The Hall–Kier alpha value is -1.66. The zero-order chi connectivity index (χ0) is 9.84. The monoisotopic (exact) mass is 194 g/mol. The lowest BCUT2D eigenvalue weighted by molar-refractivity contribution is -0.112. The minimum atomic E-state index is -0.696. The van der Waals surface area contributed by atoms with Crippen molar-refractivity contribution in [2.75, 3.05) is 5.73 Å². The minimum Gasteiger partial charge on any atom is -0.399 e. The predicted octanol–water partition coefficient (Wildman–Crippen LogP) is 0.759. The summed E-state index contributed by atoms with van der Waals surface area (Å²) in [6.45, 7) is 0. The smallest absolute Gasteiger partial charge is 0.293 e. The molecule has 4 heteroatoms. The Morgan fingerprint density at radius 3 is 2.77 bits per heavy atom. The van der Waals surface area contributed by atoms with Gasteiger partial charge in [0.05, 0.1) is 5.02 Å². The molecule has 3 nitrogen and oxygen atoms in total. The van der Waals surface area contributed by atoms with Crippen LogP contribution >= 0.6 is 11.6 Å². The number of hydrogen-bond donors (Lipinski definition) is 2. The molecule has 0 aromatic heterocycles. The number of amides is 1. The van der Waals surface area contributed by atoms with E-state index in [1.165, 1.54) is 0 Å². The molecule has 0 heterocycles. The van der Waals surface area contributed by atoms with Gasteiger partial charge in [-0.3, -0.25) is 4.79 Å². The maximum atomic E-state index is 10.3. The molecule has 66 valence electrons. The maximum absolute atomic E-state index is 10.3. The van der Waals surface area contributed by atoms with E-state index in [2.05, 4.69) is 11.8 Å². The van der Waals surface area contributed by atoms with Gasteiger partial charge in [-0.05, 0) is 18.2 Å². The molecule has 0 aliphatic rings. The number of halogens is 1. The Kier molecular flexibility index (Phi) is 2.78. The molecule has 1 amide bonds. The number of carbonyl (C=O) groups excluding carboxylic acids is 1. The average molecular weight is 195 g/mol. The molecule has 1 aromatic rings. The molecule has 0 saturated heterocycles. The molecule has 1 rings (SSSR count). The summed E-state index contributed by atoms with van der Waals surface area (Å²) in [4.78, 5) is 10.3. The van der Waals surface area contributed by atoms with Crippen LogP contribution in [-0.4, -0.2) is 5.91 Å². The van der Waals surface area contributed by atoms with Crippen LogP contribution < -0.4 is 11.5 Å². The second-order valence-corrected chi connectivity index (χ2v) is 2.76. The maximum Gasteiger partial charge on any atom is 0.293 e. The van der Waals surface area contributed by atoms with Gasteiger partial charge >= 0.3 is 0 Å². The van der Waals surface area contributed by atoms with E-state index in [-0.39, 0.29) is 0 Å². The normalized spacial score (nSPS) is 8.69. The third-order valence-corrected chi connectivity index (χ3v) is 1.64. The first kappa shape index (κ1) is 9.43. The van der Waals surface area contributed by atoms with Crippen LogP contribution in [0.2, 0.25) is 5.02 Å². The number of hydrogen-bond acceptors (Lipinski definition) is 2. The van der Waals surface area contributed by atoms with Gasteiger partial charge in [0.1, 0.15) is 0 Å². The van der Waals surface area contributed by atoms with E-state index < -0.39 is 5.91 Å². The lowest BCUT2D eigenvalue weighted by Crippen LogP contribution is -2.06. The Labute approximate surface area is 80.7 Å². The van der Waals surface area contributed by atoms with Gasteiger partial charge in [0.15, 0.2) is 0 Å². The van der Waals surface area contributed by atoms with Gasteiger partial charge in [-0.25, -0.2) is 0 Å². The van der Waals surface area contributed by atoms with Crippen LogP contribution in [0, 0.1) is 11.8 Å². The Morgan fingerprint density at radius 1 is 1.46 bits per heavy atom. The fourth-order valence-electron chi connectivity index (χ4n) is 0.768. The topological polar surface area (TPSA) is 69.1 Å². The Balaban J connectivity index is 3.09. The highest BCUT2D eigenvalue weighted by atomic mass is 35.5. The van der Waals surface area contributed by atoms with Crippen LogP contribution in [0.4, 0.5) is 5.69 Å². The summed E-state index contributed by atoms with van der Waals surface area (Å²) in [5, 5.41) is 0.447. The second kappa shape index (κ2) is 3.83. The van der Waals surface area contributed by atoms with Crippen molar-refractivity contribution in [2.24, 2.45) is 5.73 Å². The van der Waals surface area contributed by atoms with Crippen LogP contribution in [0.15, 0.2) is 18.2 Å². The number of anilines is 1. The zero-order valence-electron chi connectivity index (χ0n) is 6.67. The zero-order valence-corrected chi connectivity index (χ0v) is 7.43. The van der Waals surface area contributed by atoms with E-state index in [0.29, 0.717) is 16.3 Å². The number of primary amides is 1. The van der Waals surface area contributed by atoms with Crippen LogP contribution in [0.5, 0.6) is 0 Å². The number of carbonyl (C=O) groups is 1. The van der Waals surface area contributed by atoms with Gasteiger partial charge in [-0.15, -0.1) is 0 Å². The summed E-state index contributed by atoms with van der Waals surface area (Å²) in [6, 6.07) is 4.85. The van der Waals surface area contributed by atoms with Crippen molar-refractivity contribution in [1.82, 2.24) is 0 Å². The third kappa shape index (κ3) is 2.69. The van der Waals surface area contributed by atoms with Gasteiger partial charge < -0.3 is 11.5 Å². The summed E-state index contributed by atoms with van der Waals surface area (Å²) in [5.74, 6) is 4.00. The molecule has 0 atom stereocenters. The highest BCUT2D eigenvalue weighted by molar-refractivity contribution is 6.31. The second-order valence-electron chi connectivity index (χ2n) is 2.35. The van der Waals surface area contributed by atoms with Crippen molar-refractivity contribution in [3.05, 3.63) is 28.8 Å². The molecule has 1 aromatic carbocycles. The number of rotatable bonds is 0. The van der Waals surface area contributed by atoms with Crippen molar-refractivity contribution < 1.29 is 4.79 Å². The number of nitrogens with two attached hydrogens (primary N) is 2. The molecule has 4 N–H and O–H groups in total. The molecule has 0 unspecified atom stereocenters. The van der Waals surface area contributed by atoms with Crippen LogP contribution in [0.3, 0.4) is 0 Å². The molecule has 0 aliphatic heterocycles. The molecular weight excluding hydrogens is 188 g/mol. The molecule has 0 fully saturated rings. The van der Waals surface area contributed by atoms with E-state index in [1.807, 2.05) is 0 Å². The van der Waals surface area contributed by atoms with Gasteiger partial charge in [0.2, 0.25) is 0 Å².